The van der Waals surface area contributed by atoms with Crippen LogP contribution in [0.1, 0.15) is 11.1 Å². The van der Waals surface area contributed by atoms with Gasteiger partial charge in [-0.15, -0.1) is 0 Å². The van der Waals surface area contributed by atoms with E-state index >= 15 is 0 Å². The summed E-state index contributed by atoms with van der Waals surface area (Å²) >= 11 is 1.47. The van der Waals surface area contributed by atoms with E-state index in [1.165, 1.54) is 11.3 Å². The number of benzene rings is 3. The maximum Gasteiger partial charge on any atom is 0.258 e. The van der Waals surface area contributed by atoms with Gasteiger partial charge in [-0.2, -0.15) is 0 Å². The summed E-state index contributed by atoms with van der Waals surface area (Å²) in [6, 6.07) is 27.4. The van der Waals surface area contributed by atoms with Crippen LogP contribution in [0.3, 0.4) is 0 Å². The van der Waals surface area contributed by atoms with Gasteiger partial charge in [0.15, 0.2) is 5.13 Å². The highest BCUT2D eigenvalue weighted by atomic mass is 32.1. The van der Waals surface area contributed by atoms with Crippen molar-refractivity contribution in [3.05, 3.63) is 96.1 Å². The zero-order chi connectivity index (χ0) is 17.8. The SMILES string of the molecule is O=C(Nc1nc2ccccc2s1)C(=Cc1ccccc1)c1ccccc1. The first-order valence-corrected chi connectivity index (χ1v) is 9.10. The second-order valence-corrected chi connectivity index (χ2v) is 6.81. The summed E-state index contributed by atoms with van der Waals surface area (Å²) < 4.78 is 1.05. The van der Waals surface area contributed by atoms with Gasteiger partial charge in [0.1, 0.15) is 0 Å². The highest BCUT2D eigenvalue weighted by Crippen LogP contribution is 2.27. The molecule has 0 fully saturated rings. The maximum atomic E-state index is 13.0. The van der Waals surface area contributed by atoms with Crippen LogP contribution in [-0.2, 0) is 4.79 Å². The van der Waals surface area contributed by atoms with Crippen LogP contribution in [0, 0.1) is 0 Å². The number of carbonyl (C=O) groups excluding carboxylic acids is 1. The Bertz CT molecular complexity index is 1040. The number of nitrogens with one attached hydrogen (secondary N) is 1. The van der Waals surface area contributed by atoms with Crippen LogP contribution >= 0.6 is 11.3 Å². The monoisotopic (exact) mass is 356 g/mol. The Labute approximate surface area is 155 Å². The minimum Gasteiger partial charge on any atom is -0.298 e. The van der Waals surface area contributed by atoms with E-state index in [4.69, 9.17) is 0 Å². The van der Waals surface area contributed by atoms with Gasteiger partial charge >= 0.3 is 0 Å². The molecular weight excluding hydrogens is 340 g/mol. The number of amides is 1. The van der Waals surface area contributed by atoms with Crippen molar-refractivity contribution >= 4 is 44.2 Å². The minimum absolute atomic E-state index is 0.167. The van der Waals surface area contributed by atoms with Crippen molar-refractivity contribution in [2.45, 2.75) is 0 Å². The number of rotatable bonds is 4. The molecule has 1 aromatic heterocycles. The largest absolute Gasteiger partial charge is 0.298 e. The summed E-state index contributed by atoms with van der Waals surface area (Å²) in [5, 5.41) is 3.55. The van der Waals surface area contributed by atoms with Crippen molar-refractivity contribution in [2.75, 3.05) is 5.32 Å². The fraction of sp³-hybridized carbons (Fsp3) is 0. The van der Waals surface area contributed by atoms with Gasteiger partial charge in [0.05, 0.1) is 10.2 Å². The molecule has 0 aliphatic carbocycles. The average molecular weight is 356 g/mol. The quantitative estimate of drug-likeness (QED) is 0.389. The Kier molecular flexibility index (Phi) is 4.58. The van der Waals surface area contributed by atoms with Crippen LogP contribution in [-0.4, -0.2) is 10.9 Å². The van der Waals surface area contributed by atoms with Crippen LogP contribution in [0.5, 0.6) is 0 Å². The number of para-hydroxylation sites is 1. The van der Waals surface area contributed by atoms with Crippen LogP contribution in [0.25, 0.3) is 21.9 Å². The predicted molar refractivity (Wildman–Crippen MR) is 109 cm³/mol. The lowest BCUT2D eigenvalue weighted by molar-refractivity contribution is -0.111. The molecule has 126 valence electrons. The molecule has 0 saturated heterocycles. The number of hydrogen-bond acceptors (Lipinski definition) is 3. The zero-order valence-electron chi connectivity index (χ0n) is 13.9. The third-order valence-corrected chi connectivity index (χ3v) is 4.91. The Morgan fingerprint density at radius 1 is 0.846 bits per heavy atom. The van der Waals surface area contributed by atoms with Gasteiger partial charge in [0, 0.05) is 5.57 Å². The molecule has 0 radical (unpaired) electrons. The van der Waals surface area contributed by atoms with Gasteiger partial charge in [-0.3, -0.25) is 10.1 Å². The van der Waals surface area contributed by atoms with Gasteiger partial charge in [-0.25, -0.2) is 4.98 Å². The highest BCUT2D eigenvalue weighted by Gasteiger charge is 2.14. The molecule has 0 aliphatic rings. The summed E-state index contributed by atoms with van der Waals surface area (Å²) in [5.41, 5.74) is 3.35. The summed E-state index contributed by atoms with van der Waals surface area (Å²) in [5.74, 6) is -0.167. The lowest BCUT2D eigenvalue weighted by Crippen LogP contribution is -2.13. The van der Waals surface area contributed by atoms with E-state index in [0.29, 0.717) is 10.7 Å². The average Bonchev–Trinajstić information content (AvgIpc) is 3.09. The van der Waals surface area contributed by atoms with Crippen molar-refractivity contribution in [3.8, 4) is 0 Å². The maximum absolute atomic E-state index is 13.0. The highest BCUT2D eigenvalue weighted by molar-refractivity contribution is 7.22. The minimum atomic E-state index is -0.167. The topological polar surface area (TPSA) is 42.0 Å². The van der Waals surface area contributed by atoms with Crippen LogP contribution < -0.4 is 5.32 Å². The second-order valence-electron chi connectivity index (χ2n) is 5.78. The molecule has 3 aromatic carbocycles. The standard InChI is InChI=1S/C22H16N2OS/c25-21(24-22-23-19-13-7-8-14-20(19)26-22)18(17-11-5-2-6-12-17)15-16-9-3-1-4-10-16/h1-15H,(H,23,24,25). The van der Waals surface area contributed by atoms with E-state index in [1.54, 1.807) is 0 Å². The first kappa shape index (κ1) is 16.2. The van der Waals surface area contributed by atoms with E-state index in [1.807, 2.05) is 91.0 Å². The van der Waals surface area contributed by atoms with Crippen molar-refractivity contribution in [1.29, 1.82) is 0 Å². The van der Waals surface area contributed by atoms with E-state index in [2.05, 4.69) is 10.3 Å². The molecular formula is C22H16N2OS. The number of thiazole rings is 1. The third kappa shape index (κ3) is 3.55. The molecule has 1 amide bonds. The van der Waals surface area contributed by atoms with E-state index in [9.17, 15) is 4.79 Å². The molecule has 0 saturated carbocycles. The molecule has 3 nitrogen and oxygen atoms in total. The summed E-state index contributed by atoms with van der Waals surface area (Å²) in [7, 11) is 0. The molecule has 26 heavy (non-hydrogen) atoms. The lowest BCUT2D eigenvalue weighted by atomic mass is 10.0. The number of fused-ring (bicyclic) bond motifs is 1. The normalized spacial score (nSPS) is 11.5. The number of aromatic nitrogens is 1. The Balaban J connectivity index is 1.69. The first-order chi connectivity index (χ1) is 12.8. The number of hydrogen-bond donors (Lipinski definition) is 1. The van der Waals surface area contributed by atoms with Crippen LogP contribution in [0.2, 0.25) is 0 Å². The van der Waals surface area contributed by atoms with Crippen molar-refractivity contribution in [1.82, 2.24) is 4.98 Å². The van der Waals surface area contributed by atoms with Crippen molar-refractivity contribution in [2.24, 2.45) is 0 Å². The van der Waals surface area contributed by atoms with Crippen LogP contribution in [0.15, 0.2) is 84.9 Å². The third-order valence-electron chi connectivity index (χ3n) is 3.95. The Hall–Kier alpha value is -3.24. The van der Waals surface area contributed by atoms with Crippen molar-refractivity contribution in [3.63, 3.8) is 0 Å². The number of carbonyl (C=O) groups is 1. The van der Waals surface area contributed by atoms with Gasteiger partial charge in [0.25, 0.3) is 5.91 Å². The molecule has 4 rings (SSSR count). The molecule has 0 unspecified atom stereocenters. The van der Waals surface area contributed by atoms with E-state index in [0.717, 1.165) is 21.3 Å². The Morgan fingerprint density at radius 3 is 2.23 bits per heavy atom. The summed E-state index contributed by atoms with van der Waals surface area (Å²) in [4.78, 5) is 17.5. The lowest BCUT2D eigenvalue weighted by Gasteiger charge is -2.08. The molecule has 0 spiro atoms. The fourth-order valence-corrected chi connectivity index (χ4v) is 3.56. The van der Waals surface area contributed by atoms with Gasteiger partial charge < -0.3 is 0 Å². The van der Waals surface area contributed by atoms with Crippen LogP contribution in [0.4, 0.5) is 5.13 Å². The molecule has 1 N–H and O–H groups in total. The molecule has 0 atom stereocenters. The van der Waals surface area contributed by atoms with Gasteiger partial charge in [-0.05, 0) is 29.3 Å². The fourth-order valence-electron chi connectivity index (χ4n) is 2.70. The zero-order valence-corrected chi connectivity index (χ0v) is 14.7. The first-order valence-electron chi connectivity index (χ1n) is 8.29. The molecule has 0 bridgehead atoms. The molecule has 4 heteroatoms. The molecule has 1 heterocycles. The summed E-state index contributed by atoms with van der Waals surface area (Å²) in [6.45, 7) is 0. The van der Waals surface area contributed by atoms with E-state index < -0.39 is 0 Å². The Morgan fingerprint density at radius 2 is 1.50 bits per heavy atom. The smallest absolute Gasteiger partial charge is 0.258 e. The van der Waals surface area contributed by atoms with Gasteiger partial charge in [0.2, 0.25) is 0 Å². The number of nitrogens with zero attached hydrogens (tertiary/aromatic N) is 1. The molecule has 0 aliphatic heterocycles. The summed E-state index contributed by atoms with van der Waals surface area (Å²) in [6.07, 6.45) is 1.90. The van der Waals surface area contributed by atoms with Crippen molar-refractivity contribution < 1.29 is 4.79 Å². The second kappa shape index (κ2) is 7.33. The predicted octanol–water partition coefficient (Wildman–Crippen LogP) is 5.48. The van der Waals surface area contributed by atoms with E-state index in [-0.39, 0.29) is 5.91 Å². The number of anilines is 1. The molecule has 4 aromatic rings. The van der Waals surface area contributed by atoms with Gasteiger partial charge in [-0.1, -0.05) is 84.1 Å².